The van der Waals surface area contributed by atoms with Gasteiger partial charge in [0.15, 0.2) is 0 Å². The standard InChI is InChI=1S/C30H38FN3O/c1-5-28-24(10-7-14-32-28)23-12-11-22-9-6-8-21(4)16-26(25(22)17-23)30(35)33-29-13-15-34(18-20(2)3)19-27(29)31/h5,7,10-12,14,16-17,20-21,27,29H,1,6,8-9,13,15,18-19H2,2-4H3,(H,33,35). The van der Waals surface area contributed by atoms with Gasteiger partial charge in [-0.05, 0) is 72.4 Å². The zero-order valence-electron chi connectivity index (χ0n) is 21.3. The summed E-state index contributed by atoms with van der Waals surface area (Å²) in [5.74, 6) is 0.614. The van der Waals surface area contributed by atoms with Crippen LogP contribution in [0, 0.1) is 11.8 Å². The van der Waals surface area contributed by atoms with Crippen LogP contribution in [0.4, 0.5) is 4.39 Å². The first kappa shape index (κ1) is 25.3. The quantitative estimate of drug-likeness (QED) is 0.563. The minimum Gasteiger partial charge on any atom is -0.346 e. The third kappa shape index (κ3) is 6.07. The molecule has 2 aliphatic rings. The number of benzene rings is 1. The molecule has 0 bridgehead atoms. The van der Waals surface area contributed by atoms with E-state index >= 15 is 4.39 Å². The summed E-state index contributed by atoms with van der Waals surface area (Å²) < 4.78 is 15.1. The minimum absolute atomic E-state index is 0.169. The van der Waals surface area contributed by atoms with Gasteiger partial charge < -0.3 is 10.2 Å². The molecule has 0 radical (unpaired) electrons. The predicted molar refractivity (Wildman–Crippen MR) is 143 cm³/mol. The molecule has 5 heteroatoms. The fourth-order valence-corrected chi connectivity index (χ4v) is 5.37. The van der Waals surface area contributed by atoms with Gasteiger partial charge in [0.05, 0.1) is 11.7 Å². The number of carbonyl (C=O) groups is 1. The van der Waals surface area contributed by atoms with Crippen LogP contribution in [0.25, 0.3) is 22.8 Å². The van der Waals surface area contributed by atoms with Gasteiger partial charge >= 0.3 is 0 Å². The zero-order valence-corrected chi connectivity index (χ0v) is 21.3. The molecule has 1 aliphatic carbocycles. The molecule has 1 aromatic carbocycles. The van der Waals surface area contributed by atoms with Gasteiger partial charge in [0, 0.05) is 37.0 Å². The second-order valence-corrected chi connectivity index (χ2v) is 10.5. The van der Waals surface area contributed by atoms with Gasteiger partial charge in [0.25, 0.3) is 5.91 Å². The number of fused-ring (bicyclic) bond motifs is 1. The van der Waals surface area contributed by atoms with E-state index in [1.165, 1.54) is 0 Å². The summed E-state index contributed by atoms with van der Waals surface area (Å²) in [5.41, 5.74) is 5.57. The first-order chi connectivity index (χ1) is 16.9. The van der Waals surface area contributed by atoms with Gasteiger partial charge in [-0.2, -0.15) is 0 Å². The topological polar surface area (TPSA) is 45.2 Å². The summed E-state index contributed by atoms with van der Waals surface area (Å²) >= 11 is 0. The second kappa shape index (κ2) is 11.3. The zero-order chi connectivity index (χ0) is 24.9. The van der Waals surface area contributed by atoms with E-state index in [4.69, 9.17) is 0 Å². The van der Waals surface area contributed by atoms with Crippen molar-refractivity contribution < 1.29 is 9.18 Å². The van der Waals surface area contributed by atoms with E-state index in [1.54, 1.807) is 12.3 Å². The Labute approximate surface area is 209 Å². The molecule has 1 N–H and O–H groups in total. The monoisotopic (exact) mass is 475 g/mol. The molecule has 0 saturated carbocycles. The van der Waals surface area contributed by atoms with Crippen molar-refractivity contribution in [3.63, 3.8) is 0 Å². The minimum atomic E-state index is -1.06. The van der Waals surface area contributed by atoms with Gasteiger partial charge in [-0.3, -0.25) is 9.78 Å². The second-order valence-electron chi connectivity index (χ2n) is 10.5. The predicted octanol–water partition coefficient (Wildman–Crippen LogP) is 5.93. The highest BCUT2D eigenvalue weighted by atomic mass is 19.1. The Morgan fingerprint density at radius 2 is 2.11 bits per heavy atom. The molecule has 1 amide bonds. The van der Waals surface area contributed by atoms with E-state index in [0.29, 0.717) is 24.5 Å². The summed E-state index contributed by atoms with van der Waals surface area (Å²) in [6.45, 7) is 12.4. The molecule has 3 unspecified atom stereocenters. The highest BCUT2D eigenvalue weighted by Crippen LogP contribution is 2.33. The Morgan fingerprint density at radius 1 is 1.29 bits per heavy atom. The molecule has 1 aromatic heterocycles. The number of aromatic nitrogens is 1. The number of hydrogen-bond acceptors (Lipinski definition) is 3. The van der Waals surface area contributed by atoms with Gasteiger partial charge in [-0.1, -0.05) is 51.6 Å². The fourth-order valence-electron chi connectivity index (χ4n) is 5.37. The molecule has 1 saturated heterocycles. The highest BCUT2D eigenvalue weighted by Gasteiger charge is 2.32. The number of nitrogens with one attached hydrogen (secondary N) is 1. The number of piperidine rings is 1. The summed E-state index contributed by atoms with van der Waals surface area (Å²) in [6.07, 6.45) is 8.19. The highest BCUT2D eigenvalue weighted by molar-refractivity contribution is 6.20. The molecule has 35 heavy (non-hydrogen) atoms. The Hall–Kier alpha value is -2.79. The van der Waals surface area contributed by atoms with Crippen LogP contribution < -0.4 is 5.32 Å². The van der Waals surface area contributed by atoms with E-state index in [-0.39, 0.29) is 11.8 Å². The van der Waals surface area contributed by atoms with Crippen LogP contribution >= 0.6 is 0 Å². The summed E-state index contributed by atoms with van der Waals surface area (Å²) in [4.78, 5) is 20.2. The molecular weight excluding hydrogens is 437 g/mol. The van der Waals surface area contributed by atoms with Crippen LogP contribution in [0.3, 0.4) is 0 Å². The number of rotatable bonds is 6. The molecule has 0 spiro atoms. The van der Waals surface area contributed by atoms with Crippen molar-refractivity contribution in [3.05, 3.63) is 66.0 Å². The lowest BCUT2D eigenvalue weighted by molar-refractivity contribution is -0.117. The average Bonchev–Trinajstić information content (AvgIpc) is 2.83. The number of pyridine rings is 1. The van der Waals surface area contributed by atoms with Crippen molar-refractivity contribution in [2.45, 2.75) is 58.7 Å². The number of amides is 1. The van der Waals surface area contributed by atoms with Crippen LogP contribution in [0.2, 0.25) is 0 Å². The Balaban J connectivity index is 1.62. The maximum atomic E-state index is 15.1. The summed E-state index contributed by atoms with van der Waals surface area (Å²) in [7, 11) is 0. The fraction of sp³-hybridized carbons (Fsp3) is 0.467. The third-order valence-corrected chi connectivity index (χ3v) is 7.11. The average molecular weight is 476 g/mol. The maximum Gasteiger partial charge on any atom is 0.251 e. The molecule has 4 rings (SSSR count). The molecule has 3 atom stereocenters. The van der Waals surface area contributed by atoms with Crippen LogP contribution in [0.15, 0.2) is 49.2 Å². The lowest BCUT2D eigenvalue weighted by atomic mass is 9.86. The van der Waals surface area contributed by atoms with Crippen molar-refractivity contribution in [1.29, 1.82) is 0 Å². The van der Waals surface area contributed by atoms with Crippen LogP contribution in [0.1, 0.15) is 56.9 Å². The molecule has 4 nitrogen and oxygen atoms in total. The van der Waals surface area contributed by atoms with Gasteiger partial charge in [-0.25, -0.2) is 4.39 Å². The van der Waals surface area contributed by atoms with E-state index in [1.807, 2.05) is 12.1 Å². The summed E-state index contributed by atoms with van der Waals surface area (Å²) in [5, 5.41) is 3.07. The van der Waals surface area contributed by atoms with Crippen LogP contribution in [-0.4, -0.2) is 47.6 Å². The third-order valence-electron chi connectivity index (χ3n) is 7.11. The maximum absolute atomic E-state index is 15.1. The number of carbonyl (C=O) groups excluding carboxylic acids is 1. The van der Waals surface area contributed by atoms with Crippen molar-refractivity contribution >= 4 is 17.6 Å². The first-order valence-electron chi connectivity index (χ1n) is 13.0. The van der Waals surface area contributed by atoms with Crippen molar-refractivity contribution in [3.8, 4) is 11.1 Å². The molecule has 1 aliphatic heterocycles. The molecule has 186 valence electrons. The molecule has 2 heterocycles. The van der Waals surface area contributed by atoms with Gasteiger partial charge in [0.1, 0.15) is 6.17 Å². The number of hydrogen-bond donors (Lipinski definition) is 1. The first-order valence-corrected chi connectivity index (χ1v) is 13.0. The molecular formula is C30H38FN3O. The molecule has 1 fully saturated rings. The number of nitrogens with zero attached hydrogens (tertiary/aromatic N) is 2. The van der Waals surface area contributed by atoms with E-state index in [0.717, 1.165) is 60.3 Å². The summed E-state index contributed by atoms with van der Waals surface area (Å²) in [6, 6.07) is 9.82. The van der Waals surface area contributed by atoms with Crippen molar-refractivity contribution in [2.75, 3.05) is 19.6 Å². The lowest BCUT2D eigenvalue weighted by Crippen LogP contribution is -2.53. The Bertz CT molecular complexity index is 1090. The SMILES string of the molecule is C=Cc1ncccc1-c1ccc2c(c1)C(C(=O)NC1CCN(CC(C)C)CC1F)=CC(C)CCC2. The Kier molecular flexibility index (Phi) is 8.17. The number of alkyl halides is 1. The lowest BCUT2D eigenvalue weighted by Gasteiger charge is -2.36. The smallest absolute Gasteiger partial charge is 0.251 e. The molecule has 2 aromatic rings. The number of likely N-dealkylation sites (tertiary alicyclic amines) is 1. The van der Waals surface area contributed by atoms with E-state index in [2.05, 4.69) is 66.8 Å². The normalized spacial score (nSPS) is 23.1. The number of allylic oxidation sites excluding steroid dienone is 1. The van der Waals surface area contributed by atoms with E-state index in [9.17, 15) is 4.79 Å². The number of halogens is 1. The van der Waals surface area contributed by atoms with Crippen molar-refractivity contribution in [1.82, 2.24) is 15.2 Å². The Morgan fingerprint density at radius 3 is 2.86 bits per heavy atom. The van der Waals surface area contributed by atoms with Gasteiger partial charge in [0.2, 0.25) is 0 Å². The van der Waals surface area contributed by atoms with Gasteiger partial charge in [-0.15, -0.1) is 0 Å². The van der Waals surface area contributed by atoms with Crippen molar-refractivity contribution in [2.24, 2.45) is 11.8 Å². The number of aryl methyl sites for hydroxylation is 1. The van der Waals surface area contributed by atoms with E-state index < -0.39 is 12.2 Å². The van der Waals surface area contributed by atoms with Crippen LogP contribution in [-0.2, 0) is 11.2 Å². The largest absolute Gasteiger partial charge is 0.346 e. The van der Waals surface area contributed by atoms with Crippen LogP contribution in [0.5, 0.6) is 0 Å².